The Bertz CT molecular complexity index is 1490. The molecule has 0 unspecified atom stereocenters. The summed E-state index contributed by atoms with van der Waals surface area (Å²) >= 11 is 0. The number of halogens is 2. The van der Waals surface area contributed by atoms with Gasteiger partial charge in [0.1, 0.15) is 34.6 Å². The van der Waals surface area contributed by atoms with Crippen molar-refractivity contribution in [1.29, 1.82) is 0 Å². The number of phenols is 1. The summed E-state index contributed by atoms with van der Waals surface area (Å²) in [6.07, 6.45) is 3.05. The number of benzene rings is 2. The first-order valence-electron chi connectivity index (χ1n) is 11.2. The van der Waals surface area contributed by atoms with Gasteiger partial charge in [-0.1, -0.05) is 13.0 Å². The fraction of sp³-hybridized carbons (Fsp3) is 0.280. The number of nitrogens with two attached hydrogens (primary N) is 1. The quantitative estimate of drug-likeness (QED) is 0.447. The molecule has 0 bridgehead atoms. The Hall–Kier alpha value is -4.08. The van der Waals surface area contributed by atoms with Crippen LogP contribution < -0.4 is 15.4 Å². The van der Waals surface area contributed by atoms with Crippen LogP contribution in [0.25, 0.3) is 32.9 Å². The molecular formula is C25H23F2N5O3. The van der Waals surface area contributed by atoms with Gasteiger partial charge in [-0.25, -0.2) is 8.78 Å². The van der Waals surface area contributed by atoms with Crippen LogP contribution >= 0.6 is 0 Å². The van der Waals surface area contributed by atoms with Crippen LogP contribution in [0.5, 0.6) is 11.8 Å². The molecule has 0 saturated carbocycles. The van der Waals surface area contributed by atoms with Gasteiger partial charge in [0, 0.05) is 18.3 Å². The third-order valence-electron chi connectivity index (χ3n) is 6.44. The topological polar surface area (TPSA) is 114 Å². The number of carbonyl (C=O) groups is 1. The molecule has 3 heterocycles. The number of hydrogen-bond acceptors (Lipinski definition) is 7. The molecule has 1 amide bonds. The molecule has 10 heteroatoms. The lowest BCUT2D eigenvalue weighted by Crippen LogP contribution is -2.40. The summed E-state index contributed by atoms with van der Waals surface area (Å²) in [5.41, 5.74) is 6.04. The van der Waals surface area contributed by atoms with E-state index in [0.29, 0.717) is 41.5 Å². The molecule has 0 spiro atoms. The van der Waals surface area contributed by atoms with E-state index in [2.05, 4.69) is 15.0 Å². The summed E-state index contributed by atoms with van der Waals surface area (Å²) in [5, 5.41) is 11.6. The Morgan fingerprint density at radius 1 is 1.29 bits per heavy atom. The van der Waals surface area contributed by atoms with Gasteiger partial charge in [0.25, 0.3) is 0 Å². The highest BCUT2D eigenvalue weighted by molar-refractivity contribution is 6.02. The van der Waals surface area contributed by atoms with Crippen molar-refractivity contribution in [3.8, 4) is 23.0 Å². The summed E-state index contributed by atoms with van der Waals surface area (Å²) in [6.45, 7) is 2.30. The van der Waals surface area contributed by atoms with Gasteiger partial charge >= 0.3 is 6.01 Å². The average molecular weight is 479 g/mol. The highest BCUT2D eigenvalue weighted by Gasteiger charge is 2.32. The van der Waals surface area contributed by atoms with E-state index in [0.717, 1.165) is 6.42 Å². The summed E-state index contributed by atoms with van der Waals surface area (Å²) in [7, 11) is 1.36. The second-order valence-electron chi connectivity index (χ2n) is 8.44. The summed E-state index contributed by atoms with van der Waals surface area (Å²) in [5.74, 6) is -1.51. The summed E-state index contributed by atoms with van der Waals surface area (Å²) in [4.78, 5) is 26.6. The molecule has 4 aromatic rings. The molecule has 1 atom stereocenters. The highest BCUT2D eigenvalue weighted by Crippen LogP contribution is 2.39. The van der Waals surface area contributed by atoms with Crippen LogP contribution in [0.15, 0.2) is 30.5 Å². The van der Waals surface area contributed by atoms with Crippen LogP contribution in [0.1, 0.15) is 25.3 Å². The van der Waals surface area contributed by atoms with Crippen molar-refractivity contribution in [3.63, 3.8) is 0 Å². The first-order valence-corrected chi connectivity index (χ1v) is 11.2. The monoisotopic (exact) mass is 479 g/mol. The molecule has 0 radical (unpaired) electrons. The Labute approximate surface area is 199 Å². The largest absolute Gasteiger partial charge is 0.508 e. The van der Waals surface area contributed by atoms with Crippen molar-refractivity contribution in [2.45, 2.75) is 32.2 Å². The number of aryl methyl sites for hydroxylation is 1. The zero-order chi connectivity index (χ0) is 24.9. The maximum absolute atomic E-state index is 16.1. The highest BCUT2D eigenvalue weighted by atomic mass is 19.1. The smallest absolute Gasteiger partial charge is 0.318 e. The van der Waals surface area contributed by atoms with Crippen molar-refractivity contribution in [2.75, 3.05) is 18.6 Å². The van der Waals surface area contributed by atoms with E-state index in [4.69, 9.17) is 10.5 Å². The van der Waals surface area contributed by atoms with Gasteiger partial charge in [-0.05, 0) is 53.8 Å². The molecule has 180 valence electrons. The van der Waals surface area contributed by atoms with Crippen LogP contribution in [0, 0.1) is 11.6 Å². The third-order valence-corrected chi connectivity index (χ3v) is 6.44. The van der Waals surface area contributed by atoms with Gasteiger partial charge in [-0.2, -0.15) is 9.97 Å². The SMILES string of the molecule is CCc1c(F)ccc2cc(O)cc(-c3ncc4c(N5CCC[C@H]5C(N)=O)nc(OC)nc4c3F)c12. The average Bonchev–Trinajstić information content (AvgIpc) is 3.34. The number of rotatable bonds is 5. The Kier molecular flexibility index (Phi) is 5.58. The van der Waals surface area contributed by atoms with Gasteiger partial charge in [0.05, 0.1) is 12.5 Å². The van der Waals surface area contributed by atoms with E-state index >= 15 is 4.39 Å². The number of fused-ring (bicyclic) bond motifs is 2. The first kappa shape index (κ1) is 22.7. The van der Waals surface area contributed by atoms with Crippen LogP contribution in [0.4, 0.5) is 14.6 Å². The van der Waals surface area contributed by atoms with Gasteiger partial charge in [-0.3, -0.25) is 9.78 Å². The van der Waals surface area contributed by atoms with E-state index in [1.807, 2.05) is 0 Å². The molecule has 1 aliphatic heterocycles. The third kappa shape index (κ3) is 3.65. The Morgan fingerprint density at radius 3 is 2.80 bits per heavy atom. The number of anilines is 1. The normalized spacial score (nSPS) is 15.8. The number of amides is 1. The molecule has 1 aliphatic rings. The maximum atomic E-state index is 16.1. The fourth-order valence-corrected chi connectivity index (χ4v) is 4.87. The number of hydrogen-bond donors (Lipinski definition) is 2. The summed E-state index contributed by atoms with van der Waals surface area (Å²) < 4.78 is 36.0. The summed E-state index contributed by atoms with van der Waals surface area (Å²) in [6, 6.07) is 5.04. The lowest BCUT2D eigenvalue weighted by Gasteiger charge is -2.24. The molecule has 35 heavy (non-hydrogen) atoms. The molecule has 2 aromatic carbocycles. The van der Waals surface area contributed by atoms with Crippen LogP contribution in [-0.2, 0) is 11.2 Å². The Morgan fingerprint density at radius 2 is 2.09 bits per heavy atom. The zero-order valence-corrected chi connectivity index (χ0v) is 19.2. The number of carbonyl (C=O) groups excluding carboxylic acids is 1. The number of pyridine rings is 1. The van der Waals surface area contributed by atoms with E-state index < -0.39 is 23.6 Å². The second-order valence-corrected chi connectivity index (χ2v) is 8.44. The molecule has 8 nitrogen and oxygen atoms in total. The van der Waals surface area contributed by atoms with Crippen molar-refractivity contribution < 1.29 is 23.4 Å². The van der Waals surface area contributed by atoms with E-state index in [9.17, 15) is 14.3 Å². The lowest BCUT2D eigenvalue weighted by atomic mass is 9.94. The van der Waals surface area contributed by atoms with Crippen molar-refractivity contribution >= 4 is 33.4 Å². The predicted octanol–water partition coefficient (Wildman–Crippen LogP) is 3.85. The van der Waals surface area contributed by atoms with E-state index in [1.54, 1.807) is 11.8 Å². The van der Waals surface area contributed by atoms with Crippen molar-refractivity contribution in [2.24, 2.45) is 5.73 Å². The molecule has 1 fully saturated rings. The first-order chi connectivity index (χ1) is 16.8. The maximum Gasteiger partial charge on any atom is 0.318 e. The zero-order valence-electron chi connectivity index (χ0n) is 19.2. The van der Waals surface area contributed by atoms with Gasteiger partial charge in [-0.15, -0.1) is 0 Å². The molecule has 5 rings (SSSR count). The Balaban J connectivity index is 1.80. The minimum Gasteiger partial charge on any atom is -0.508 e. The predicted molar refractivity (Wildman–Crippen MR) is 127 cm³/mol. The van der Waals surface area contributed by atoms with Gasteiger partial charge in [0.15, 0.2) is 5.82 Å². The molecule has 3 N–H and O–H groups in total. The molecule has 0 aliphatic carbocycles. The van der Waals surface area contributed by atoms with Crippen molar-refractivity contribution in [1.82, 2.24) is 15.0 Å². The number of phenolic OH excluding ortho intramolecular Hbond substituents is 1. The van der Waals surface area contributed by atoms with Crippen LogP contribution in [0.3, 0.4) is 0 Å². The lowest BCUT2D eigenvalue weighted by molar-refractivity contribution is -0.119. The number of ether oxygens (including phenoxy) is 1. The van der Waals surface area contributed by atoms with Crippen molar-refractivity contribution in [3.05, 3.63) is 47.7 Å². The minimum atomic E-state index is -0.780. The van der Waals surface area contributed by atoms with Gasteiger partial charge in [0.2, 0.25) is 5.91 Å². The number of primary amides is 1. The number of nitrogens with zero attached hydrogens (tertiary/aromatic N) is 4. The van der Waals surface area contributed by atoms with E-state index in [1.165, 1.54) is 37.6 Å². The standard InChI is InChI=1S/C25H23F2N5O3/c1-3-14-17(26)7-6-12-9-13(33)10-15(19(12)14)21-20(27)22-16(11-29-21)24(31-25(30-22)35-2)32-8-4-5-18(32)23(28)34/h6-7,9-11,18,33H,3-5,8H2,1-2H3,(H2,28,34)/t18-/m0/s1. The van der Waals surface area contributed by atoms with Crippen LogP contribution in [-0.4, -0.2) is 45.7 Å². The van der Waals surface area contributed by atoms with Crippen LogP contribution in [0.2, 0.25) is 0 Å². The minimum absolute atomic E-state index is 0.0714. The molecule has 1 saturated heterocycles. The number of methoxy groups -OCH3 is 1. The fourth-order valence-electron chi connectivity index (χ4n) is 4.87. The van der Waals surface area contributed by atoms with E-state index in [-0.39, 0.29) is 33.9 Å². The van der Waals surface area contributed by atoms with Gasteiger partial charge < -0.3 is 20.5 Å². The number of aromatic hydroxyl groups is 1. The second kappa shape index (κ2) is 8.61. The molecular weight excluding hydrogens is 456 g/mol. The number of aromatic nitrogens is 3. The molecule has 2 aromatic heterocycles.